The lowest BCUT2D eigenvalue weighted by Gasteiger charge is -2.32. The van der Waals surface area contributed by atoms with Crippen LogP contribution in [0.15, 0.2) is 11.5 Å². The van der Waals surface area contributed by atoms with Crippen molar-refractivity contribution in [2.24, 2.45) is 0 Å². The number of hydrogen-bond donors (Lipinski definition) is 2. The summed E-state index contributed by atoms with van der Waals surface area (Å²) < 4.78 is 15.0. The fourth-order valence-electron chi connectivity index (χ4n) is 2.86. The molecule has 9 nitrogen and oxygen atoms in total. The average molecular weight is 370 g/mol. The number of aliphatic hydroxyl groups is 1. The lowest BCUT2D eigenvalue weighted by atomic mass is 9.94. The normalized spacial score (nSPS) is 29.0. The van der Waals surface area contributed by atoms with Gasteiger partial charge in [0.2, 0.25) is 0 Å². The van der Waals surface area contributed by atoms with Gasteiger partial charge >= 0.3 is 23.9 Å². The van der Waals surface area contributed by atoms with Crippen molar-refractivity contribution in [3.63, 3.8) is 0 Å². The molecule has 2 unspecified atom stereocenters. The van der Waals surface area contributed by atoms with Crippen molar-refractivity contribution in [3.8, 4) is 0 Å². The second kappa shape index (κ2) is 8.31. The van der Waals surface area contributed by atoms with Gasteiger partial charge in [-0.1, -0.05) is 32.6 Å². The second-order valence-corrected chi connectivity index (χ2v) is 6.43. The maximum absolute atomic E-state index is 12.2. The molecule has 0 aromatic carbocycles. The fourth-order valence-corrected chi connectivity index (χ4v) is 2.86. The molecular weight excluding hydrogens is 348 g/mol. The van der Waals surface area contributed by atoms with Gasteiger partial charge in [0.15, 0.2) is 17.5 Å². The van der Waals surface area contributed by atoms with Crippen LogP contribution in [-0.2, 0) is 33.4 Å². The van der Waals surface area contributed by atoms with Crippen LogP contribution in [-0.4, -0.2) is 45.8 Å². The molecule has 2 N–H and O–H groups in total. The smallest absolute Gasteiger partial charge is 0.375 e. The van der Waals surface area contributed by atoms with Gasteiger partial charge in [-0.3, -0.25) is 9.59 Å². The third kappa shape index (κ3) is 4.60. The number of unbranched alkanes of at least 4 members (excludes halogenated alkanes) is 4. The molecule has 0 aromatic rings. The molecule has 2 bridgehead atoms. The molecule has 0 radical (unpaired) electrons. The van der Waals surface area contributed by atoms with Gasteiger partial charge in [0, 0.05) is 0 Å². The molecule has 0 aromatic heterocycles. The van der Waals surface area contributed by atoms with Crippen LogP contribution in [0.25, 0.3) is 0 Å². The number of aliphatic carboxylic acids is 1. The zero-order valence-corrected chi connectivity index (χ0v) is 14.5. The molecule has 1 fully saturated rings. The number of ether oxygens (including phenoxy) is 3. The van der Waals surface area contributed by atoms with Crippen molar-refractivity contribution in [2.75, 3.05) is 0 Å². The van der Waals surface area contributed by atoms with E-state index in [0.717, 1.165) is 25.7 Å². The van der Waals surface area contributed by atoms with Crippen LogP contribution in [0.5, 0.6) is 0 Å². The minimum absolute atomic E-state index is 0.199. The Balaban J connectivity index is 2.34. The molecule has 0 spiro atoms. The van der Waals surface area contributed by atoms with Crippen molar-refractivity contribution in [2.45, 2.75) is 70.0 Å². The molecule has 0 saturated carbocycles. The van der Waals surface area contributed by atoms with Gasteiger partial charge in [0.25, 0.3) is 5.76 Å². The summed E-state index contributed by atoms with van der Waals surface area (Å²) in [7, 11) is 0. The highest BCUT2D eigenvalue weighted by molar-refractivity contribution is 5.95. The van der Waals surface area contributed by atoms with Gasteiger partial charge in [-0.05, 0) is 12.8 Å². The zero-order chi connectivity index (χ0) is 19.3. The highest BCUT2D eigenvalue weighted by Crippen LogP contribution is 2.32. The lowest BCUT2D eigenvalue weighted by molar-refractivity contribution is -0.187. The molecule has 2 aliphatic rings. The van der Waals surface area contributed by atoms with Crippen LogP contribution in [0.1, 0.15) is 58.3 Å². The molecule has 1 saturated heterocycles. The first-order valence-corrected chi connectivity index (χ1v) is 8.59. The van der Waals surface area contributed by atoms with Gasteiger partial charge in [-0.25, -0.2) is 9.59 Å². The van der Waals surface area contributed by atoms with Crippen LogP contribution >= 0.6 is 0 Å². The minimum atomic E-state index is -2.45. The van der Waals surface area contributed by atoms with E-state index in [1.54, 1.807) is 0 Å². The van der Waals surface area contributed by atoms with Crippen molar-refractivity contribution >= 4 is 23.9 Å². The first-order chi connectivity index (χ1) is 12.3. The van der Waals surface area contributed by atoms with E-state index in [4.69, 9.17) is 14.2 Å². The van der Waals surface area contributed by atoms with E-state index >= 15 is 0 Å². The minimum Gasteiger partial charge on any atom is -0.475 e. The molecule has 144 valence electrons. The van der Waals surface area contributed by atoms with Gasteiger partial charge in [0.05, 0.1) is 12.8 Å². The summed E-state index contributed by atoms with van der Waals surface area (Å²) in [5, 5.41) is 19.6. The van der Waals surface area contributed by atoms with Gasteiger partial charge in [0.1, 0.15) is 0 Å². The number of carboxylic acids is 1. The Bertz CT molecular complexity index is 636. The highest BCUT2D eigenvalue weighted by atomic mass is 16.6. The Hall–Kier alpha value is -2.42. The van der Waals surface area contributed by atoms with Crippen LogP contribution in [0.4, 0.5) is 0 Å². The molecule has 2 heterocycles. The van der Waals surface area contributed by atoms with E-state index < -0.39 is 59.9 Å². The number of rotatable bonds is 7. The van der Waals surface area contributed by atoms with Crippen LogP contribution in [0.2, 0.25) is 0 Å². The summed E-state index contributed by atoms with van der Waals surface area (Å²) in [4.78, 5) is 47.6. The highest BCUT2D eigenvalue weighted by Gasteiger charge is 2.50. The molecule has 0 aliphatic carbocycles. The topological polar surface area (TPSA) is 136 Å². The SMILES string of the molecule is CCCCCCCC1OC(=O)CC2(O)CC(=O)O/C(C(=O)O)=C/1OC2=O. The van der Waals surface area contributed by atoms with E-state index in [1.165, 1.54) is 0 Å². The predicted molar refractivity (Wildman–Crippen MR) is 84.3 cm³/mol. The van der Waals surface area contributed by atoms with E-state index in [1.807, 2.05) is 0 Å². The van der Waals surface area contributed by atoms with Crippen LogP contribution in [0.3, 0.4) is 0 Å². The Labute approximate surface area is 149 Å². The molecular formula is C17H22O9. The first-order valence-electron chi connectivity index (χ1n) is 8.59. The van der Waals surface area contributed by atoms with Gasteiger partial charge in [-0.15, -0.1) is 0 Å². The quantitative estimate of drug-likeness (QED) is 0.384. The van der Waals surface area contributed by atoms with E-state index in [-0.39, 0.29) is 6.42 Å². The molecule has 2 aliphatic heterocycles. The van der Waals surface area contributed by atoms with Crippen molar-refractivity contribution in [3.05, 3.63) is 11.5 Å². The summed E-state index contributed by atoms with van der Waals surface area (Å²) in [6.45, 7) is 2.06. The van der Waals surface area contributed by atoms with Crippen LogP contribution in [0, 0.1) is 0 Å². The third-order valence-electron chi connectivity index (χ3n) is 4.23. The standard InChI is InChI=1S/C17H22O9/c1-2-3-4-5-6-7-10-13-14(15(20)21)25-12(19)9-17(23,16(22)26-13)8-11(18)24-10/h10,23H,2-9H2,1H3,(H,20,21)/b14-13-. The zero-order valence-electron chi connectivity index (χ0n) is 14.5. The first kappa shape index (κ1) is 19.9. The number of fused-ring (bicyclic) bond motifs is 3. The van der Waals surface area contributed by atoms with Gasteiger partial charge in [-0.2, -0.15) is 0 Å². The largest absolute Gasteiger partial charge is 0.475 e. The fraction of sp³-hybridized carbons (Fsp3) is 0.647. The lowest BCUT2D eigenvalue weighted by Crippen LogP contribution is -2.49. The summed E-state index contributed by atoms with van der Waals surface area (Å²) in [5.74, 6) is -6.44. The van der Waals surface area contributed by atoms with E-state index in [9.17, 15) is 29.4 Å². The number of esters is 3. The summed E-state index contributed by atoms with van der Waals surface area (Å²) in [6, 6.07) is 0. The summed E-state index contributed by atoms with van der Waals surface area (Å²) in [5.41, 5.74) is -2.45. The number of cyclic esters (lactones) is 2. The van der Waals surface area contributed by atoms with Crippen LogP contribution < -0.4 is 0 Å². The molecule has 0 amide bonds. The number of carbonyl (C=O) groups excluding carboxylic acids is 3. The maximum atomic E-state index is 12.2. The van der Waals surface area contributed by atoms with Gasteiger partial charge < -0.3 is 24.4 Å². The molecule has 9 heteroatoms. The van der Waals surface area contributed by atoms with E-state index in [0.29, 0.717) is 6.42 Å². The Morgan fingerprint density at radius 2 is 1.73 bits per heavy atom. The number of carboxylic acid groups (broad SMARTS) is 1. The molecule has 2 rings (SSSR count). The average Bonchev–Trinajstić information content (AvgIpc) is 2.54. The summed E-state index contributed by atoms with van der Waals surface area (Å²) in [6.07, 6.45) is 1.76. The monoisotopic (exact) mass is 370 g/mol. The Morgan fingerprint density at radius 1 is 1.08 bits per heavy atom. The predicted octanol–water partition coefficient (Wildman–Crippen LogP) is 1.18. The number of hydrogen-bond acceptors (Lipinski definition) is 8. The molecule has 2 atom stereocenters. The molecule has 26 heavy (non-hydrogen) atoms. The summed E-state index contributed by atoms with van der Waals surface area (Å²) >= 11 is 0. The van der Waals surface area contributed by atoms with E-state index in [2.05, 4.69) is 6.92 Å². The second-order valence-electron chi connectivity index (χ2n) is 6.43. The Morgan fingerprint density at radius 3 is 2.38 bits per heavy atom. The Kier molecular flexibility index (Phi) is 6.36. The van der Waals surface area contributed by atoms with Crippen molar-refractivity contribution in [1.29, 1.82) is 0 Å². The van der Waals surface area contributed by atoms with Crippen molar-refractivity contribution < 1.29 is 43.6 Å². The van der Waals surface area contributed by atoms with Crippen molar-refractivity contribution in [1.82, 2.24) is 0 Å². The number of carbonyl (C=O) groups is 4. The maximum Gasteiger partial charge on any atom is 0.375 e. The third-order valence-corrected chi connectivity index (χ3v) is 4.23.